The van der Waals surface area contributed by atoms with Gasteiger partial charge in [-0.3, -0.25) is 14.6 Å². The number of benzene rings is 1. The van der Waals surface area contributed by atoms with Crippen LogP contribution in [0.4, 0.5) is 0 Å². The first-order valence-electron chi connectivity index (χ1n) is 10.3. The largest absolute Gasteiger partial charge is 0.481 e. The second-order valence-electron chi connectivity index (χ2n) is 7.63. The molecule has 3 atom stereocenters. The Balaban J connectivity index is 1.26. The van der Waals surface area contributed by atoms with Gasteiger partial charge in [0.25, 0.3) is 5.91 Å². The second-order valence-corrected chi connectivity index (χ2v) is 7.63. The van der Waals surface area contributed by atoms with Crippen LogP contribution in [0.5, 0.6) is 5.75 Å². The summed E-state index contributed by atoms with van der Waals surface area (Å²) in [6.45, 7) is 3.85. The molecule has 2 aliphatic heterocycles. The Morgan fingerprint density at radius 1 is 1.00 bits per heavy atom. The lowest BCUT2D eigenvalue weighted by molar-refractivity contribution is -0.144. The number of hydrogen-bond acceptors (Lipinski definition) is 6. The predicted molar refractivity (Wildman–Crippen MR) is 111 cm³/mol. The first-order chi connectivity index (χ1) is 14.6. The molecule has 2 amide bonds. The maximum atomic E-state index is 12.9. The Hall–Kier alpha value is -2.97. The average Bonchev–Trinajstić information content (AvgIpc) is 3.30. The number of hydrogen-bond donors (Lipinski definition) is 2. The molecule has 3 heterocycles. The zero-order valence-corrected chi connectivity index (χ0v) is 17.0. The van der Waals surface area contributed by atoms with E-state index in [1.807, 2.05) is 47.4 Å². The number of amides is 2. The Kier molecular flexibility index (Phi) is 6.25. The molecule has 2 aliphatic rings. The van der Waals surface area contributed by atoms with Gasteiger partial charge in [0.2, 0.25) is 5.91 Å². The lowest BCUT2D eigenvalue weighted by Gasteiger charge is -2.36. The van der Waals surface area contributed by atoms with Gasteiger partial charge >= 0.3 is 0 Å². The SMILES string of the molecule is CC(Oc1ccccc1)C(=O)N1CCN(C(=O)C2CC(c3ccncc3)NN2)CC1. The van der Waals surface area contributed by atoms with Gasteiger partial charge in [0, 0.05) is 44.6 Å². The summed E-state index contributed by atoms with van der Waals surface area (Å²) in [5.41, 5.74) is 7.43. The number of nitrogens with zero attached hydrogens (tertiary/aromatic N) is 3. The molecular formula is C22H27N5O3. The molecule has 0 spiro atoms. The highest BCUT2D eigenvalue weighted by Gasteiger charge is 2.35. The molecule has 0 radical (unpaired) electrons. The summed E-state index contributed by atoms with van der Waals surface area (Å²) in [6.07, 6.45) is 3.64. The van der Waals surface area contributed by atoms with Crippen LogP contribution in [0.3, 0.4) is 0 Å². The first kappa shape index (κ1) is 20.3. The third-order valence-electron chi connectivity index (χ3n) is 5.62. The van der Waals surface area contributed by atoms with Crippen molar-refractivity contribution in [1.82, 2.24) is 25.6 Å². The third kappa shape index (κ3) is 4.60. The number of piperazine rings is 1. The van der Waals surface area contributed by atoms with E-state index in [1.165, 1.54) is 0 Å². The Morgan fingerprint density at radius 3 is 2.37 bits per heavy atom. The number of pyridine rings is 1. The van der Waals surface area contributed by atoms with Crippen molar-refractivity contribution in [1.29, 1.82) is 0 Å². The molecule has 1 aromatic carbocycles. The van der Waals surface area contributed by atoms with E-state index in [2.05, 4.69) is 15.8 Å². The first-order valence-corrected chi connectivity index (χ1v) is 10.3. The second kappa shape index (κ2) is 9.23. The fourth-order valence-corrected chi connectivity index (χ4v) is 3.91. The number of ether oxygens (including phenoxy) is 1. The lowest BCUT2D eigenvalue weighted by atomic mass is 10.0. The molecule has 0 bridgehead atoms. The van der Waals surface area contributed by atoms with Crippen molar-refractivity contribution in [2.45, 2.75) is 31.5 Å². The van der Waals surface area contributed by atoms with Crippen LogP contribution in [0.1, 0.15) is 24.9 Å². The topological polar surface area (TPSA) is 86.8 Å². The predicted octanol–water partition coefficient (Wildman–Crippen LogP) is 1.13. The molecule has 158 valence electrons. The van der Waals surface area contributed by atoms with Gasteiger partial charge in [-0.05, 0) is 43.2 Å². The van der Waals surface area contributed by atoms with Crippen molar-refractivity contribution >= 4 is 11.8 Å². The third-order valence-corrected chi connectivity index (χ3v) is 5.62. The van der Waals surface area contributed by atoms with Crippen LogP contribution in [0.25, 0.3) is 0 Å². The van der Waals surface area contributed by atoms with Crippen LogP contribution in [-0.2, 0) is 9.59 Å². The van der Waals surface area contributed by atoms with Gasteiger partial charge in [0.05, 0.1) is 0 Å². The van der Waals surface area contributed by atoms with E-state index in [0.717, 1.165) is 5.56 Å². The molecule has 2 N–H and O–H groups in total. The van der Waals surface area contributed by atoms with E-state index >= 15 is 0 Å². The minimum Gasteiger partial charge on any atom is -0.481 e. The molecule has 2 aromatic rings. The standard InChI is InChI=1S/C22H27N5O3/c1-16(30-18-5-3-2-4-6-18)21(28)26-11-13-27(14-12-26)22(29)20-15-19(24-25-20)17-7-9-23-10-8-17/h2-10,16,19-20,24-25H,11-15H2,1H3. The number of rotatable bonds is 5. The molecule has 0 aliphatic carbocycles. The van der Waals surface area contributed by atoms with E-state index < -0.39 is 6.10 Å². The highest BCUT2D eigenvalue weighted by molar-refractivity contribution is 5.84. The summed E-state index contributed by atoms with van der Waals surface area (Å²) in [5, 5.41) is 0. The van der Waals surface area contributed by atoms with Crippen LogP contribution in [-0.4, -0.2) is 64.9 Å². The monoisotopic (exact) mass is 409 g/mol. The van der Waals surface area contributed by atoms with E-state index in [0.29, 0.717) is 38.3 Å². The summed E-state index contributed by atoms with van der Waals surface area (Å²) >= 11 is 0. The molecule has 1 aromatic heterocycles. The van der Waals surface area contributed by atoms with Gasteiger partial charge in [-0.25, -0.2) is 10.9 Å². The minimum absolute atomic E-state index is 0.0515. The molecule has 4 rings (SSSR count). The Morgan fingerprint density at radius 2 is 1.67 bits per heavy atom. The average molecular weight is 409 g/mol. The molecule has 8 nitrogen and oxygen atoms in total. The normalized spacial score (nSPS) is 22.6. The summed E-state index contributed by atoms with van der Waals surface area (Å²) in [6, 6.07) is 13.1. The van der Waals surface area contributed by atoms with Crippen LogP contribution in [0.15, 0.2) is 54.9 Å². The maximum absolute atomic E-state index is 12.9. The maximum Gasteiger partial charge on any atom is 0.263 e. The fourth-order valence-electron chi connectivity index (χ4n) is 3.91. The van der Waals surface area contributed by atoms with Crippen LogP contribution < -0.4 is 15.6 Å². The number of nitrogens with one attached hydrogen (secondary N) is 2. The number of para-hydroxylation sites is 1. The van der Waals surface area contributed by atoms with Gasteiger partial charge in [0.15, 0.2) is 6.10 Å². The zero-order valence-electron chi connectivity index (χ0n) is 17.0. The summed E-state index contributed by atoms with van der Waals surface area (Å²) < 4.78 is 5.74. The van der Waals surface area contributed by atoms with Gasteiger partial charge in [-0.2, -0.15) is 0 Å². The minimum atomic E-state index is -0.559. The molecule has 2 saturated heterocycles. The van der Waals surface area contributed by atoms with Crippen molar-refractivity contribution in [2.75, 3.05) is 26.2 Å². The van der Waals surface area contributed by atoms with Gasteiger partial charge in [-0.15, -0.1) is 0 Å². The molecule has 8 heteroatoms. The molecular weight excluding hydrogens is 382 g/mol. The van der Waals surface area contributed by atoms with E-state index in [4.69, 9.17) is 4.74 Å². The summed E-state index contributed by atoms with van der Waals surface area (Å²) in [7, 11) is 0. The quantitative estimate of drug-likeness (QED) is 0.770. The molecule has 3 unspecified atom stereocenters. The van der Waals surface area contributed by atoms with E-state index in [9.17, 15) is 9.59 Å². The van der Waals surface area contributed by atoms with Gasteiger partial charge < -0.3 is 14.5 Å². The molecule has 0 saturated carbocycles. The van der Waals surface area contributed by atoms with Crippen molar-refractivity contribution in [3.8, 4) is 5.75 Å². The molecule has 30 heavy (non-hydrogen) atoms. The zero-order chi connectivity index (χ0) is 20.9. The molecule has 2 fully saturated rings. The van der Waals surface area contributed by atoms with Crippen molar-refractivity contribution < 1.29 is 14.3 Å². The van der Waals surface area contributed by atoms with Crippen molar-refractivity contribution in [3.63, 3.8) is 0 Å². The van der Waals surface area contributed by atoms with Crippen molar-refractivity contribution in [3.05, 3.63) is 60.4 Å². The Labute approximate surface area is 176 Å². The number of carbonyl (C=O) groups excluding carboxylic acids is 2. The fraction of sp³-hybridized carbons (Fsp3) is 0.409. The van der Waals surface area contributed by atoms with E-state index in [-0.39, 0.29) is 23.9 Å². The van der Waals surface area contributed by atoms with Gasteiger partial charge in [0.1, 0.15) is 11.8 Å². The number of carbonyl (C=O) groups is 2. The van der Waals surface area contributed by atoms with Crippen LogP contribution >= 0.6 is 0 Å². The van der Waals surface area contributed by atoms with E-state index in [1.54, 1.807) is 24.2 Å². The van der Waals surface area contributed by atoms with Gasteiger partial charge in [-0.1, -0.05) is 18.2 Å². The summed E-state index contributed by atoms with van der Waals surface area (Å²) in [4.78, 5) is 33.3. The highest BCUT2D eigenvalue weighted by atomic mass is 16.5. The summed E-state index contributed by atoms with van der Waals surface area (Å²) in [5.74, 6) is 0.694. The Bertz CT molecular complexity index is 856. The smallest absolute Gasteiger partial charge is 0.263 e. The van der Waals surface area contributed by atoms with Crippen molar-refractivity contribution in [2.24, 2.45) is 0 Å². The highest BCUT2D eigenvalue weighted by Crippen LogP contribution is 2.23. The lowest BCUT2D eigenvalue weighted by Crippen LogP contribution is -2.56. The van der Waals surface area contributed by atoms with Crippen LogP contribution in [0.2, 0.25) is 0 Å². The van der Waals surface area contributed by atoms with Crippen LogP contribution in [0, 0.1) is 0 Å². The number of hydrazine groups is 1. The number of aromatic nitrogens is 1.